The van der Waals surface area contributed by atoms with Crippen LogP contribution in [0.2, 0.25) is 0 Å². The molecule has 5 nitrogen and oxygen atoms in total. The van der Waals surface area contributed by atoms with E-state index in [-0.39, 0.29) is 11.6 Å². The minimum Gasteiger partial charge on any atom is -0.478 e. The molecule has 0 bridgehead atoms. The fourth-order valence-electron chi connectivity index (χ4n) is 0.911. The van der Waals surface area contributed by atoms with Gasteiger partial charge >= 0.3 is 12.0 Å². The van der Waals surface area contributed by atoms with E-state index in [2.05, 4.69) is 5.32 Å². The average Bonchev–Trinajstić information content (AvgIpc) is 2.64. The van der Waals surface area contributed by atoms with Crippen LogP contribution in [-0.4, -0.2) is 35.6 Å². The normalized spacial score (nSPS) is 9.73. The number of amides is 2. The Balaban J connectivity index is 2.76. The molecule has 0 atom stereocenters. The molecule has 6 heteroatoms. The number of carboxylic acid groups (broad SMARTS) is 1. The lowest BCUT2D eigenvalue weighted by atomic mass is 10.3. The molecule has 0 saturated carbocycles. The zero-order chi connectivity index (χ0) is 11.4. The highest BCUT2D eigenvalue weighted by atomic mass is 32.1. The molecular weight excluding hydrogens is 216 g/mol. The first-order valence-electron chi connectivity index (χ1n) is 4.39. The van der Waals surface area contributed by atoms with Crippen molar-refractivity contribution in [1.82, 2.24) is 4.90 Å². The van der Waals surface area contributed by atoms with Crippen LogP contribution in [0.15, 0.2) is 11.4 Å². The lowest BCUT2D eigenvalue weighted by Crippen LogP contribution is -2.31. The Kier molecular flexibility index (Phi) is 3.68. The van der Waals surface area contributed by atoms with Gasteiger partial charge in [0.15, 0.2) is 0 Å². The van der Waals surface area contributed by atoms with Crippen LogP contribution < -0.4 is 5.32 Å². The molecule has 1 aromatic rings. The van der Waals surface area contributed by atoms with Gasteiger partial charge in [0.1, 0.15) is 5.00 Å². The van der Waals surface area contributed by atoms with Crippen molar-refractivity contribution in [3.05, 3.63) is 17.0 Å². The summed E-state index contributed by atoms with van der Waals surface area (Å²) in [4.78, 5) is 23.7. The van der Waals surface area contributed by atoms with Gasteiger partial charge in [0, 0.05) is 13.6 Å². The molecule has 0 aliphatic heterocycles. The van der Waals surface area contributed by atoms with Crippen molar-refractivity contribution < 1.29 is 14.7 Å². The number of aromatic carboxylic acids is 1. The van der Waals surface area contributed by atoms with Crippen molar-refractivity contribution in [1.29, 1.82) is 0 Å². The Bertz CT molecular complexity index is 375. The molecule has 0 unspecified atom stereocenters. The lowest BCUT2D eigenvalue weighted by Gasteiger charge is -2.14. The van der Waals surface area contributed by atoms with E-state index in [9.17, 15) is 9.59 Å². The van der Waals surface area contributed by atoms with Gasteiger partial charge in [-0.3, -0.25) is 5.32 Å². The molecule has 2 amide bonds. The minimum absolute atomic E-state index is 0.123. The number of carboxylic acids is 1. The molecule has 82 valence electrons. The van der Waals surface area contributed by atoms with E-state index in [0.29, 0.717) is 11.5 Å². The summed E-state index contributed by atoms with van der Waals surface area (Å²) in [6.45, 7) is 2.41. The summed E-state index contributed by atoms with van der Waals surface area (Å²) < 4.78 is 0. The molecule has 15 heavy (non-hydrogen) atoms. The number of hydrogen-bond donors (Lipinski definition) is 2. The third-order valence-electron chi connectivity index (χ3n) is 1.94. The molecule has 0 radical (unpaired) electrons. The van der Waals surface area contributed by atoms with Crippen molar-refractivity contribution in [2.45, 2.75) is 6.92 Å². The number of urea groups is 1. The number of nitrogens with zero attached hydrogens (tertiary/aromatic N) is 1. The van der Waals surface area contributed by atoms with Gasteiger partial charge in [-0.05, 0) is 18.4 Å². The van der Waals surface area contributed by atoms with Gasteiger partial charge in [0.2, 0.25) is 0 Å². The van der Waals surface area contributed by atoms with Gasteiger partial charge < -0.3 is 10.0 Å². The fraction of sp³-hybridized carbons (Fsp3) is 0.333. The second kappa shape index (κ2) is 4.79. The molecule has 0 fully saturated rings. The van der Waals surface area contributed by atoms with Gasteiger partial charge in [-0.1, -0.05) is 0 Å². The average molecular weight is 228 g/mol. The predicted molar refractivity (Wildman–Crippen MR) is 58.6 cm³/mol. The van der Waals surface area contributed by atoms with Gasteiger partial charge in [-0.15, -0.1) is 11.3 Å². The Morgan fingerprint density at radius 1 is 1.60 bits per heavy atom. The largest absolute Gasteiger partial charge is 0.478 e. The van der Waals surface area contributed by atoms with Crippen LogP contribution in [0.3, 0.4) is 0 Å². The van der Waals surface area contributed by atoms with Crippen molar-refractivity contribution >= 4 is 28.3 Å². The monoisotopic (exact) mass is 228 g/mol. The van der Waals surface area contributed by atoms with Gasteiger partial charge in [-0.2, -0.15) is 0 Å². The van der Waals surface area contributed by atoms with E-state index < -0.39 is 5.97 Å². The first kappa shape index (κ1) is 11.5. The summed E-state index contributed by atoms with van der Waals surface area (Å²) in [6.07, 6.45) is 0. The Hall–Kier alpha value is -1.56. The maximum Gasteiger partial charge on any atom is 0.338 e. The van der Waals surface area contributed by atoms with Crippen LogP contribution in [-0.2, 0) is 0 Å². The summed E-state index contributed by atoms with van der Waals surface area (Å²) in [5, 5.41) is 13.4. The quantitative estimate of drug-likeness (QED) is 0.830. The Labute approximate surface area is 91.3 Å². The molecule has 1 heterocycles. The van der Waals surface area contributed by atoms with Crippen LogP contribution in [0.1, 0.15) is 17.3 Å². The number of anilines is 1. The summed E-state index contributed by atoms with van der Waals surface area (Å²) in [6, 6.07) is 1.16. The van der Waals surface area contributed by atoms with Gasteiger partial charge in [0.05, 0.1) is 5.56 Å². The number of hydrogen-bond acceptors (Lipinski definition) is 3. The summed E-state index contributed by atoms with van der Waals surface area (Å²) in [5.41, 5.74) is 0.123. The van der Waals surface area contributed by atoms with Crippen molar-refractivity contribution in [2.24, 2.45) is 0 Å². The summed E-state index contributed by atoms with van der Waals surface area (Å²) in [7, 11) is 1.64. The van der Waals surface area contributed by atoms with E-state index >= 15 is 0 Å². The van der Waals surface area contributed by atoms with E-state index in [4.69, 9.17) is 5.11 Å². The minimum atomic E-state index is -1.04. The van der Waals surface area contributed by atoms with Crippen LogP contribution in [0, 0.1) is 0 Å². The maximum absolute atomic E-state index is 11.4. The van der Waals surface area contributed by atoms with Crippen molar-refractivity contribution in [2.75, 3.05) is 18.9 Å². The number of rotatable bonds is 3. The SMILES string of the molecule is CCN(C)C(=O)Nc1sccc1C(=O)O. The van der Waals surface area contributed by atoms with Gasteiger partial charge in [0.25, 0.3) is 0 Å². The highest BCUT2D eigenvalue weighted by molar-refractivity contribution is 7.14. The third kappa shape index (κ3) is 2.69. The van der Waals surface area contributed by atoms with Crippen LogP contribution in [0.25, 0.3) is 0 Å². The molecule has 1 aromatic heterocycles. The molecule has 0 aliphatic rings. The molecule has 1 rings (SSSR count). The summed E-state index contributed by atoms with van der Waals surface area (Å²) >= 11 is 1.19. The first-order valence-corrected chi connectivity index (χ1v) is 5.27. The third-order valence-corrected chi connectivity index (χ3v) is 2.77. The molecule has 2 N–H and O–H groups in total. The molecular formula is C9H12N2O3S. The topological polar surface area (TPSA) is 69.6 Å². The number of thiophene rings is 1. The predicted octanol–water partition coefficient (Wildman–Crippen LogP) is 1.93. The number of carbonyl (C=O) groups excluding carboxylic acids is 1. The molecule has 0 spiro atoms. The lowest BCUT2D eigenvalue weighted by molar-refractivity contribution is 0.0698. The van der Waals surface area contributed by atoms with Gasteiger partial charge in [-0.25, -0.2) is 9.59 Å². The van der Waals surface area contributed by atoms with Crippen molar-refractivity contribution in [3.8, 4) is 0 Å². The Morgan fingerprint density at radius 3 is 2.80 bits per heavy atom. The fourth-order valence-corrected chi connectivity index (χ4v) is 1.68. The highest BCUT2D eigenvalue weighted by Crippen LogP contribution is 2.23. The van der Waals surface area contributed by atoms with E-state index in [0.717, 1.165) is 0 Å². The van der Waals surface area contributed by atoms with Crippen LogP contribution >= 0.6 is 11.3 Å². The van der Waals surface area contributed by atoms with E-state index in [1.165, 1.54) is 22.3 Å². The Morgan fingerprint density at radius 2 is 2.27 bits per heavy atom. The molecule has 0 aliphatic carbocycles. The second-order valence-corrected chi connectivity index (χ2v) is 3.83. The second-order valence-electron chi connectivity index (χ2n) is 2.91. The highest BCUT2D eigenvalue weighted by Gasteiger charge is 2.14. The number of carbonyl (C=O) groups is 2. The van der Waals surface area contributed by atoms with Crippen LogP contribution in [0.4, 0.5) is 9.80 Å². The smallest absolute Gasteiger partial charge is 0.338 e. The van der Waals surface area contributed by atoms with E-state index in [1.54, 1.807) is 12.4 Å². The van der Waals surface area contributed by atoms with E-state index in [1.807, 2.05) is 6.92 Å². The molecule has 0 saturated heterocycles. The van der Waals surface area contributed by atoms with Crippen LogP contribution in [0.5, 0.6) is 0 Å². The summed E-state index contributed by atoms with van der Waals surface area (Å²) in [5.74, 6) is -1.04. The number of nitrogens with one attached hydrogen (secondary N) is 1. The molecule has 0 aromatic carbocycles. The van der Waals surface area contributed by atoms with Crippen molar-refractivity contribution in [3.63, 3.8) is 0 Å². The maximum atomic E-state index is 11.4. The zero-order valence-corrected chi connectivity index (χ0v) is 9.30. The standard InChI is InChI=1S/C9H12N2O3S/c1-3-11(2)9(14)10-7-6(8(12)13)4-5-15-7/h4-5H,3H2,1-2H3,(H,10,14)(H,12,13). The first-order chi connectivity index (χ1) is 7.06. The zero-order valence-electron chi connectivity index (χ0n) is 8.48.